The van der Waals surface area contributed by atoms with Crippen LogP contribution in [0.4, 0.5) is 5.69 Å². The first-order valence-electron chi connectivity index (χ1n) is 8.04. The van der Waals surface area contributed by atoms with Crippen molar-refractivity contribution in [1.29, 1.82) is 0 Å². The van der Waals surface area contributed by atoms with E-state index in [1.807, 2.05) is 59.6 Å². The number of benzene rings is 3. The van der Waals surface area contributed by atoms with Gasteiger partial charge in [-0.15, -0.1) is 0 Å². The Hall–Kier alpha value is -2.03. The summed E-state index contributed by atoms with van der Waals surface area (Å²) in [6.07, 6.45) is 0. The van der Waals surface area contributed by atoms with Gasteiger partial charge in [-0.2, -0.15) is 24.9 Å². The SMILES string of the molecule is BrC1=NNN(c2ccccc2)C(c2ccccc2)=C1c1ccccc1.O.P.P. The summed E-state index contributed by atoms with van der Waals surface area (Å²) in [5.74, 6) is 0. The molecule has 146 valence electrons. The number of para-hydroxylation sites is 1. The lowest BCUT2D eigenvalue weighted by Crippen LogP contribution is -2.37. The lowest BCUT2D eigenvalue weighted by atomic mass is 9.99. The first kappa shape index (κ1) is 24.0. The molecule has 2 atom stereocenters. The van der Waals surface area contributed by atoms with Crippen molar-refractivity contribution < 1.29 is 5.48 Å². The fourth-order valence-electron chi connectivity index (χ4n) is 2.90. The highest BCUT2D eigenvalue weighted by molar-refractivity contribution is 9.18. The first-order valence-corrected chi connectivity index (χ1v) is 8.83. The van der Waals surface area contributed by atoms with Crippen LogP contribution in [-0.4, -0.2) is 10.1 Å². The van der Waals surface area contributed by atoms with Crippen LogP contribution in [0.15, 0.2) is 96.1 Å². The molecule has 4 nitrogen and oxygen atoms in total. The maximum atomic E-state index is 4.47. The molecule has 1 heterocycles. The Morgan fingerprint density at radius 3 is 1.68 bits per heavy atom. The molecule has 0 fully saturated rings. The number of rotatable bonds is 3. The van der Waals surface area contributed by atoms with E-state index in [0.29, 0.717) is 0 Å². The van der Waals surface area contributed by atoms with Gasteiger partial charge in [-0.3, -0.25) is 0 Å². The number of allylic oxidation sites excluding steroid dienone is 1. The fraction of sp³-hybridized carbons (Fsp3) is 0. The van der Waals surface area contributed by atoms with E-state index in [1.165, 1.54) is 0 Å². The summed E-state index contributed by atoms with van der Waals surface area (Å²) in [7, 11) is 0. The molecule has 0 aromatic heterocycles. The molecule has 7 heteroatoms. The molecule has 3 N–H and O–H groups in total. The molecule has 0 amide bonds. The molecule has 1 aliphatic rings. The van der Waals surface area contributed by atoms with Crippen molar-refractivity contribution >= 4 is 57.3 Å². The maximum Gasteiger partial charge on any atom is 0.138 e. The molecule has 28 heavy (non-hydrogen) atoms. The van der Waals surface area contributed by atoms with Gasteiger partial charge in [0.05, 0.1) is 11.4 Å². The molecular formula is C21H24BrN3OP2. The Kier molecular flexibility index (Phi) is 9.51. The van der Waals surface area contributed by atoms with E-state index in [9.17, 15) is 0 Å². The summed E-state index contributed by atoms with van der Waals surface area (Å²) in [5.41, 5.74) is 8.51. The van der Waals surface area contributed by atoms with Crippen LogP contribution < -0.4 is 10.5 Å². The number of hydrogen-bond acceptors (Lipinski definition) is 3. The van der Waals surface area contributed by atoms with Crippen molar-refractivity contribution in [2.24, 2.45) is 5.10 Å². The second kappa shape index (κ2) is 11.1. The lowest BCUT2D eigenvalue weighted by molar-refractivity contribution is 0.763. The van der Waals surface area contributed by atoms with Gasteiger partial charge in [-0.25, -0.2) is 10.5 Å². The highest BCUT2D eigenvalue weighted by Crippen LogP contribution is 2.36. The number of halogens is 1. The smallest absolute Gasteiger partial charge is 0.138 e. The maximum absolute atomic E-state index is 4.47. The number of anilines is 1. The second-order valence-electron chi connectivity index (χ2n) is 5.63. The normalized spacial score (nSPS) is 12.6. The third-order valence-electron chi connectivity index (χ3n) is 4.04. The van der Waals surface area contributed by atoms with E-state index in [4.69, 9.17) is 0 Å². The van der Waals surface area contributed by atoms with Crippen LogP contribution in [0.2, 0.25) is 0 Å². The Morgan fingerprint density at radius 1 is 0.679 bits per heavy atom. The molecule has 0 aliphatic carbocycles. The zero-order valence-corrected chi connectivity index (χ0v) is 19.8. The summed E-state index contributed by atoms with van der Waals surface area (Å²) in [5, 5.41) is 6.49. The predicted molar refractivity (Wildman–Crippen MR) is 134 cm³/mol. The molecule has 3 aromatic rings. The molecule has 0 spiro atoms. The van der Waals surface area contributed by atoms with Gasteiger partial charge < -0.3 is 5.48 Å². The lowest BCUT2D eigenvalue weighted by Gasteiger charge is -2.32. The third kappa shape index (κ3) is 4.87. The van der Waals surface area contributed by atoms with E-state index in [-0.39, 0.29) is 25.3 Å². The van der Waals surface area contributed by atoms with Crippen molar-refractivity contribution in [1.82, 2.24) is 5.53 Å². The Labute approximate surface area is 180 Å². The van der Waals surface area contributed by atoms with Crippen LogP contribution in [-0.2, 0) is 0 Å². The Bertz CT molecular complexity index is 936. The van der Waals surface area contributed by atoms with Gasteiger partial charge in [0.2, 0.25) is 0 Å². The molecule has 0 radical (unpaired) electrons. The average Bonchev–Trinajstić information content (AvgIpc) is 2.70. The summed E-state index contributed by atoms with van der Waals surface area (Å²) in [6, 6.07) is 30.8. The molecule has 3 aromatic carbocycles. The molecule has 4 rings (SSSR count). The number of hydrazine groups is 1. The van der Waals surface area contributed by atoms with Crippen LogP contribution in [0.1, 0.15) is 11.1 Å². The highest BCUT2D eigenvalue weighted by Gasteiger charge is 2.25. The number of hydrazone groups is 1. The van der Waals surface area contributed by atoms with E-state index in [0.717, 1.165) is 32.7 Å². The Balaban J connectivity index is 0.00000131. The quantitative estimate of drug-likeness (QED) is 0.563. The minimum atomic E-state index is 0. The topological polar surface area (TPSA) is 59.1 Å². The number of nitrogens with zero attached hydrogens (tertiary/aromatic N) is 2. The molecule has 1 aliphatic heterocycles. The largest absolute Gasteiger partial charge is 0.412 e. The Morgan fingerprint density at radius 2 is 1.14 bits per heavy atom. The van der Waals surface area contributed by atoms with Crippen LogP contribution in [0, 0.1) is 0 Å². The minimum absolute atomic E-state index is 0. The molecule has 0 saturated heterocycles. The van der Waals surface area contributed by atoms with Gasteiger partial charge in [0.15, 0.2) is 0 Å². The van der Waals surface area contributed by atoms with Crippen molar-refractivity contribution in [2.45, 2.75) is 0 Å². The number of nitrogens with one attached hydrogen (secondary N) is 1. The first-order chi connectivity index (χ1) is 12.3. The summed E-state index contributed by atoms with van der Waals surface area (Å²) in [6.45, 7) is 0. The number of hydrogen-bond donors (Lipinski definition) is 1. The summed E-state index contributed by atoms with van der Waals surface area (Å²) < 4.78 is 0.782. The monoisotopic (exact) mass is 475 g/mol. The van der Waals surface area contributed by atoms with Crippen LogP contribution in [0.25, 0.3) is 11.3 Å². The molecule has 0 bridgehead atoms. The van der Waals surface area contributed by atoms with E-state index >= 15 is 0 Å². The predicted octanol–water partition coefficient (Wildman–Crippen LogP) is 4.58. The van der Waals surface area contributed by atoms with Gasteiger partial charge in [0.25, 0.3) is 0 Å². The van der Waals surface area contributed by atoms with Crippen LogP contribution in [0.3, 0.4) is 0 Å². The second-order valence-corrected chi connectivity index (χ2v) is 6.38. The van der Waals surface area contributed by atoms with Crippen LogP contribution in [0.5, 0.6) is 0 Å². The molecule has 2 unspecified atom stereocenters. The minimum Gasteiger partial charge on any atom is -0.412 e. The van der Waals surface area contributed by atoms with Gasteiger partial charge >= 0.3 is 0 Å². The van der Waals surface area contributed by atoms with Gasteiger partial charge in [0, 0.05) is 11.1 Å². The highest BCUT2D eigenvalue weighted by atomic mass is 79.9. The molecular weight excluding hydrogens is 452 g/mol. The summed E-state index contributed by atoms with van der Waals surface area (Å²) >= 11 is 3.63. The van der Waals surface area contributed by atoms with Crippen molar-refractivity contribution in [2.75, 3.05) is 5.01 Å². The zero-order valence-electron chi connectivity index (χ0n) is 15.3. The van der Waals surface area contributed by atoms with E-state index < -0.39 is 0 Å². The van der Waals surface area contributed by atoms with Crippen LogP contribution >= 0.6 is 35.7 Å². The summed E-state index contributed by atoms with van der Waals surface area (Å²) in [4.78, 5) is 0. The third-order valence-corrected chi connectivity index (χ3v) is 4.61. The molecule has 0 saturated carbocycles. The fourth-order valence-corrected chi connectivity index (χ4v) is 3.40. The van der Waals surface area contributed by atoms with Crippen molar-refractivity contribution in [3.63, 3.8) is 0 Å². The zero-order chi connectivity index (χ0) is 17.1. The van der Waals surface area contributed by atoms with Crippen molar-refractivity contribution in [3.8, 4) is 0 Å². The van der Waals surface area contributed by atoms with Gasteiger partial charge in [-0.05, 0) is 33.6 Å². The van der Waals surface area contributed by atoms with Gasteiger partial charge in [0.1, 0.15) is 4.62 Å². The average molecular weight is 476 g/mol. The van der Waals surface area contributed by atoms with E-state index in [1.54, 1.807) is 0 Å². The van der Waals surface area contributed by atoms with E-state index in [2.05, 4.69) is 63.0 Å². The van der Waals surface area contributed by atoms with Crippen molar-refractivity contribution in [3.05, 3.63) is 102 Å². The standard InChI is InChI=1S/C21H16BrN3.H2O.2H3P/c22-21-19(16-10-4-1-5-11-16)20(17-12-6-2-7-13-17)25(24-23-21)18-14-8-3-9-15-18;;;/h1-15,24H;1H2;2*1H3. The van der Waals surface area contributed by atoms with Gasteiger partial charge in [-0.1, -0.05) is 78.9 Å².